The van der Waals surface area contributed by atoms with E-state index in [9.17, 15) is 20.3 Å². The van der Waals surface area contributed by atoms with E-state index in [4.69, 9.17) is 38.4 Å². The van der Waals surface area contributed by atoms with Crippen LogP contribution in [0, 0.1) is 27.9 Å². The van der Waals surface area contributed by atoms with Crippen LogP contribution in [0.15, 0.2) is 90.1 Å². The van der Waals surface area contributed by atoms with Gasteiger partial charge in [0.25, 0.3) is 5.69 Å². The second-order valence-corrected chi connectivity index (χ2v) is 16.8. The number of benzene rings is 3. The smallest absolute Gasteiger partial charge is 0.416 e. The van der Waals surface area contributed by atoms with Crippen LogP contribution in [0.4, 0.5) is 10.5 Å². The van der Waals surface area contributed by atoms with Gasteiger partial charge in [0.1, 0.15) is 36.5 Å². The molecule has 0 radical (unpaired) electrons. The molecule has 64 heavy (non-hydrogen) atoms. The van der Waals surface area contributed by atoms with Gasteiger partial charge >= 0.3 is 6.09 Å². The summed E-state index contributed by atoms with van der Waals surface area (Å²) in [5, 5.41) is 36.2. The van der Waals surface area contributed by atoms with Crippen molar-refractivity contribution in [1.29, 1.82) is 0 Å². The summed E-state index contributed by atoms with van der Waals surface area (Å²) >= 11 is 0. The molecular weight excluding hydrogens is 825 g/mol. The molecule has 16 nitrogen and oxygen atoms in total. The zero-order valence-corrected chi connectivity index (χ0v) is 36.3. The van der Waals surface area contributed by atoms with Crippen LogP contribution in [0.1, 0.15) is 68.9 Å². The monoisotopic (exact) mass is 882 g/mol. The molecule has 0 spiro atoms. The second-order valence-electron chi connectivity index (χ2n) is 16.8. The molecule has 3 heterocycles. The summed E-state index contributed by atoms with van der Waals surface area (Å²) in [5.74, 6) is 0.246. The first-order chi connectivity index (χ1) is 31.3. The SMILES string of the molecule is C=CCO[C@@]12Oc3ccc(OCCN4CC4)cc3[C@H]3[C@H](CCCCO)[C@@H](CCCCO)C=C(C(=NOCC)C[C@@H]1N(Cc1ccc4c(c1)OCO4)C(=O)Oc1ccc([N+](=O)[O-])cc1)[C@H]32. The molecule has 2 N–H and O–H groups in total. The number of rotatable bonds is 22. The number of carbonyl (C=O) groups is 1. The first-order valence-corrected chi connectivity index (χ1v) is 22.4. The van der Waals surface area contributed by atoms with Crippen molar-refractivity contribution >= 4 is 17.5 Å². The van der Waals surface area contributed by atoms with Gasteiger partial charge in [-0.15, -0.1) is 6.58 Å². The molecule has 1 saturated heterocycles. The molecular formula is C48H58N4O12. The van der Waals surface area contributed by atoms with Gasteiger partial charge in [0.2, 0.25) is 12.6 Å². The Morgan fingerprint density at radius 3 is 2.48 bits per heavy atom. The summed E-state index contributed by atoms with van der Waals surface area (Å²) in [6.07, 6.45) is 7.79. The van der Waals surface area contributed by atoms with Crippen LogP contribution < -0.4 is 23.7 Å². The molecule has 0 unspecified atom stereocenters. The maximum absolute atomic E-state index is 15.0. The minimum Gasteiger partial charge on any atom is -0.492 e. The maximum Gasteiger partial charge on any atom is 0.416 e. The zero-order valence-electron chi connectivity index (χ0n) is 36.3. The zero-order chi connectivity index (χ0) is 44.6. The van der Waals surface area contributed by atoms with Crippen molar-refractivity contribution < 1.29 is 53.2 Å². The number of aliphatic hydroxyl groups excluding tert-OH is 2. The van der Waals surface area contributed by atoms with E-state index in [1.807, 2.05) is 31.2 Å². The van der Waals surface area contributed by atoms with Crippen LogP contribution in [0.3, 0.4) is 0 Å². The van der Waals surface area contributed by atoms with Gasteiger partial charge in [-0.3, -0.25) is 19.9 Å². The van der Waals surface area contributed by atoms with Crippen molar-refractivity contribution in [3.8, 4) is 28.7 Å². The molecule has 2 fully saturated rings. The predicted octanol–water partition coefficient (Wildman–Crippen LogP) is 7.37. The van der Waals surface area contributed by atoms with Crippen molar-refractivity contribution in [2.45, 2.75) is 76.2 Å². The fourth-order valence-electron chi connectivity index (χ4n) is 9.80. The lowest BCUT2D eigenvalue weighted by Crippen LogP contribution is -2.70. The Morgan fingerprint density at radius 1 is 1.00 bits per heavy atom. The Bertz CT molecular complexity index is 2190. The Morgan fingerprint density at radius 2 is 1.75 bits per heavy atom. The lowest BCUT2D eigenvalue weighted by atomic mass is 9.55. The molecule has 2 aliphatic carbocycles. The first-order valence-electron chi connectivity index (χ1n) is 22.4. The number of non-ortho nitro benzene ring substituents is 1. The number of hydrogen-bond donors (Lipinski definition) is 2. The van der Waals surface area contributed by atoms with E-state index in [-0.39, 0.29) is 68.8 Å². The van der Waals surface area contributed by atoms with Crippen LogP contribution >= 0.6 is 0 Å². The number of unbranched alkanes of at least 4 members (excludes halogenated alkanes) is 2. The summed E-state index contributed by atoms with van der Waals surface area (Å²) in [7, 11) is 0. The average Bonchev–Trinajstić information content (AvgIpc) is 4.01. The third-order valence-corrected chi connectivity index (χ3v) is 12.8. The van der Waals surface area contributed by atoms with Crippen LogP contribution in [-0.2, 0) is 16.1 Å². The number of oxime groups is 1. The lowest BCUT2D eigenvalue weighted by Gasteiger charge is -2.59. The van der Waals surface area contributed by atoms with E-state index in [1.54, 1.807) is 17.0 Å². The number of fused-ring (bicyclic) bond motifs is 3. The molecule has 0 aromatic heterocycles. The average molecular weight is 883 g/mol. The van der Waals surface area contributed by atoms with E-state index >= 15 is 4.79 Å². The van der Waals surface area contributed by atoms with Crippen molar-refractivity contribution in [2.75, 3.05) is 59.5 Å². The molecule has 3 aromatic rings. The highest BCUT2D eigenvalue weighted by Gasteiger charge is 2.66. The van der Waals surface area contributed by atoms with Gasteiger partial charge in [-0.1, -0.05) is 36.2 Å². The molecule has 3 aliphatic heterocycles. The minimum absolute atomic E-state index is 0.00833. The maximum atomic E-state index is 15.0. The summed E-state index contributed by atoms with van der Waals surface area (Å²) < 4.78 is 38.3. The van der Waals surface area contributed by atoms with Gasteiger partial charge in [-0.2, -0.15) is 0 Å². The topological polar surface area (TPSA) is 184 Å². The van der Waals surface area contributed by atoms with E-state index in [0.717, 1.165) is 62.2 Å². The van der Waals surface area contributed by atoms with E-state index in [0.29, 0.717) is 54.6 Å². The molecule has 16 heteroatoms. The van der Waals surface area contributed by atoms with Crippen molar-refractivity contribution in [3.63, 3.8) is 0 Å². The third kappa shape index (κ3) is 9.70. The molecule has 8 rings (SSSR count). The number of carbonyl (C=O) groups excluding carboxylic acids is 1. The quantitative estimate of drug-likeness (QED) is 0.0336. The van der Waals surface area contributed by atoms with E-state index in [1.165, 1.54) is 24.3 Å². The van der Waals surface area contributed by atoms with Gasteiger partial charge in [-0.25, -0.2) is 4.79 Å². The normalized spacial score (nSPS) is 24.5. The molecule has 342 valence electrons. The Kier molecular flexibility index (Phi) is 14.3. The van der Waals surface area contributed by atoms with Crippen molar-refractivity contribution in [2.24, 2.45) is 22.9 Å². The number of nitro groups is 1. The molecule has 5 aliphatic rings. The molecule has 1 amide bonds. The van der Waals surface area contributed by atoms with Gasteiger partial charge in [0, 0.05) is 69.4 Å². The highest BCUT2D eigenvalue weighted by Crippen LogP contribution is 2.62. The van der Waals surface area contributed by atoms with E-state index in [2.05, 4.69) is 23.6 Å². The van der Waals surface area contributed by atoms with Gasteiger partial charge in [0.05, 0.1) is 23.2 Å². The number of aliphatic hydroxyl groups is 2. The highest BCUT2D eigenvalue weighted by molar-refractivity contribution is 6.03. The summed E-state index contributed by atoms with van der Waals surface area (Å²) in [6.45, 7) is 10.0. The molecule has 1 saturated carbocycles. The number of nitro benzene ring substituents is 1. The van der Waals surface area contributed by atoms with Crippen molar-refractivity contribution in [1.82, 2.24) is 9.80 Å². The van der Waals surface area contributed by atoms with Gasteiger partial charge in [0.15, 0.2) is 11.5 Å². The Balaban J connectivity index is 1.30. The third-order valence-electron chi connectivity index (χ3n) is 12.8. The number of ether oxygens (including phenoxy) is 6. The standard InChI is InChI=1S/C48H58N4O12/c1-3-24-61-48-44(51(30-32-11-17-42-43(26-32)60-31-59-42)47(55)63-35-14-12-34(13-15-35)52(56)57)29-40(49-62-4-2)38-27-33(9-5-7-22-53)37(10-6-8-23-54)45(46(38)48)39-28-36(16-18-41(39)64-48)58-25-21-50-19-20-50/h3,11-18,26-28,33,37,44-46,53-54H,1,4-10,19-25,29-31H2,2H3/t33-,37+,44-,45+,46+,48+/m0/s1. The van der Waals surface area contributed by atoms with Crippen LogP contribution in [0.25, 0.3) is 0 Å². The number of nitrogens with zero attached hydrogens (tertiary/aromatic N) is 4. The molecule has 3 aromatic carbocycles. The predicted molar refractivity (Wildman–Crippen MR) is 236 cm³/mol. The molecule has 0 bridgehead atoms. The number of allylic oxidation sites excluding steroid dienone is 1. The lowest BCUT2D eigenvalue weighted by molar-refractivity contribution is -0.384. The second kappa shape index (κ2) is 20.4. The Labute approximate surface area is 373 Å². The fraction of sp³-hybridized carbons (Fsp3) is 0.500. The van der Waals surface area contributed by atoms with Gasteiger partial charge in [-0.05, 0) is 98.0 Å². The number of hydrogen-bond acceptors (Lipinski definition) is 14. The summed E-state index contributed by atoms with van der Waals surface area (Å²) in [6, 6.07) is 15.9. The molecule has 6 atom stereocenters. The Hall–Kier alpha value is -5.68. The van der Waals surface area contributed by atoms with E-state index < -0.39 is 28.8 Å². The van der Waals surface area contributed by atoms with Crippen molar-refractivity contribution in [3.05, 3.63) is 106 Å². The highest BCUT2D eigenvalue weighted by atomic mass is 16.7. The van der Waals surface area contributed by atoms with Gasteiger partial charge < -0.3 is 43.5 Å². The van der Waals surface area contributed by atoms with Crippen LogP contribution in [0.2, 0.25) is 0 Å². The fourth-order valence-corrected chi connectivity index (χ4v) is 9.80. The summed E-state index contributed by atoms with van der Waals surface area (Å²) in [4.78, 5) is 35.8. The first kappa shape index (κ1) is 44.9. The minimum atomic E-state index is -1.55. The number of amides is 1. The largest absolute Gasteiger partial charge is 0.492 e. The summed E-state index contributed by atoms with van der Waals surface area (Å²) in [5.41, 5.74) is 3.05. The van der Waals surface area contributed by atoms with Crippen LogP contribution in [-0.4, -0.2) is 108 Å². The van der Waals surface area contributed by atoms with Crippen LogP contribution in [0.5, 0.6) is 28.7 Å².